The average molecular weight is 307 g/mol. The molecule has 0 fully saturated rings. The summed E-state index contributed by atoms with van der Waals surface area (Å²) in [5.74, 6) is -2.64. The molecule has 3 N–H and O–H groups in total. The lowest BCUT2D eigenvalue weighted by Crippen LogP contribution is -2.41. The van der Waals surface area contributed by atoms with Gasteiger partial charge in [-0.1, -0.05) is 0 Å². The van der Waals surface area contributed by atoms with Gasteiger partial charge in [0.05, 0.1) is 13.3 Å². The molecule has 8 heteroatoms. The Morgan fingerprint density at radius 3 is 2.50 bits per heavy atom. The molecule has 1 rings (SSSR count). The molecule has 0 saturated carbocycles. The number of nitrogens with one attached hydrogen (secondary N) is 2. The number of carbonyl (C=O) groups excluding carboxylic acids is 2. The van der Waals surface area contributed by atoms with Crippen LogP contribution in [0.1, 0.15) is 29.8 Å². The van der Waals surface area contributed by atoms with Crippen molar-refractivity contribution in [2.24, 2.45) is 5.10 Å². The molecule has 0 bridgehead atoms. The molecule has 0 aromatic heterocycles. The van der Waals surface area contributed by atoms with Crippen molar-refractivity contribution in [3.8, 4) is 5.75 Å². The van der Waals surface area contributed by atoms with Crippen molar-refractivity contribution in [2.75, 3.05) is 7.11 Å². The van der Waals surface area contributed by atoms with E-state index in [4.69, 9.17) is 9.84 Å². The molecule has 0 aliphatic heterocycles. The second kappa shape index (κ2) is 7.77. The van der Waals surface area contributed by atoms with Crippen LogP contribution in [0, 0.1) is 0 Å². The summed E-state index contributed by atoms with van der Waals surface area (Å²) in [6, 6.07) is 4.21. The number of carboxylic acid groups (broad SMARTS) is 1. The molecular weight excluding hydrogens is 290 g/mol. The summed E-state index contributed by atoms with van der Waals surface area (Å²) in [5.41, 5.74) is 2.45. The van der Waals surface area contributed by atoms with Gasteiger partial charge in [-0.25, -0.2) is 10.2 Å². The Bertz CT molecular complexity index is 610. The lowest BCUT2D eigenvalue weighted by molar-refractivity contribution is -0.139. The van der Waals surface area contributed by atoms with Gasteiger partial charge in [0.25, 0.3) is 0 Å². The van der Waals surface area contributed by atoms with E-state index in [1.807, 2.05) is 0 Å². The molecular formula is C14H17N3O5. The molecule has 118 valence electrons. The quantitative estimate of drug-likeness (QED) is 0.413. The molecule has 0 unspecified atom stereocenters. The van der Waals surface area contributed by atoms with E-state index in [-0.39, 0.29) is 17.4 Å². The second-order valence-electron chi connectivity index (χ2n) is 4.59. The van der Waals surface area contributed by atoms with Crippen LogP contribution in [0.4, 0.5) is 0 Å². The van der Waals surface area contributed by atoms with Crippen LogP contribution >= 0.6 is 0 Å². The Labute approximate surface area is 127 Å². The summed E-state index contributed by atoms with van der Waals surface area (Å²) in [4.78, 5) is 33.8. The molecule has 0 aliphatic rings. The van der Waals surface area contributed by atoms with Gasteiger partial charge in [-0.05, 0) is 37.6 Å². The molecule has 22 heavy (non-hydrogen) atoms. The highest BCUT2D eigenvalue weighted by molar-refractivity contribution is 6.35. The smallest absolute Gasteiger partial charge is 0.339 e. The summed E-state index contributed by atoms with van der Waals surface area (Å²) in [5, 5.41) is 15.1. The molecule has 0 atom stereocenters. The number of benzene rings is 1. The topological polar surface area (TPSA) is 117 Å². The normalized spacial score (nSPS) is 10.5. The van der Waals surface area contributed by atoms with Gasteiger partial charge in [-0.2, -0.15) is 5.10 Å². The van der Waals surface area contributed by atoms with E-state index in [0.717, 1.165) is 0 Å². The number of aromatic carboxylic acids is 1. The van der Waals surface area contributed by atoms with Crippen LogP contribution < -0.4 is 15.5 Å². The lowest BCUT2D eigenvalue weighted by Gasteiger charge is -2.06. The third kappa shape index (κ3) is 4.89. The zero-order chi connectivity index (χ0) is 16.7. The highest BCUT2D eigenvalue weighted by Crippen LogP contribution is 2.18. The number of hydrogen-bond acceptors (Lipinski definition) is 5. The van der Waals surface area contributed by atoms with Gasteiger partial charge < -0.3 is 15.2 Å². The van der Waals surface area contributed by atoms with Crippen LogP contribution in [0.25, 0.3) is 0 Å². The van der Waals surface area contributed by atoms with Crippen molar-refractivity contribution >= 4 is 24.0 Å². The van der Waals surface area contributed by atoms with Crippen LogP contribution in [0.5, 0.6) is 5.75 Å². The van der Waals surface area contributed by atoms with Gasteiger partial charge in [0.1, 0.15) is 11.3 Å². The van der Waals surface area contributed by atoms with Gasteiger partial charge in [0.2, 0.25) is 0 Å². The monoisotopic (exact) mass is 307 g/mol. The largest absolute Gasteiger partial charge is 0.496 e. The van der Waals surface area contributed by atoms with Crippen molar-refractivity contribution in [3.05, 3.63) is 29.3 Å². The number of methoxy groups -OCH3 is 1. The number of hydrogen-bond donors (Lipinski definition) is 3. The maximum atomic E-state index is 11.4. The van der Waals surface area contributed by atoms with Gasteiger partial charge in [0, 0.05) is 6.04 Å². The molecule has 1 aromatic rings. The predicted molar refractivity (Wildman–Crippen MR) is 79.0 cm³/mol. The highest BCUT2D eigenvalue weighted by atomic mass is 16.5. The number of amides is 2. The van der Waals surface area contributed by atoms with Crippen molar-refractivity contribution in [1.29, 1.82) is 0 Å². The van der Waals surface area contributed by atoms with Gasteiger partial charge in [-0.3, -0.25) is 9.59 Å². The first kappa shape index (κ1) is 17.2. The van der Waals surface area contributed by atoms with E-state index in [0.29, 0.717) is 5.56 Å². The van der Waals surface area contributed by atoms with Crippen molar-refractivity contribution in [1.82, 2.24) is 10.7 Å². The van der Waals surface area contributed by atoms with E-state index < -0.39 is 17.8 Å². The molecule has 2 amide bonds. The number of carbonyl (C=O) groups is 3. The van der Waals surface area contributed by atoms with Crippen molar-refractivity contribution < 1.29 is 24.2 Å². The Balaban J connectivity index is 2.75. The molecule has 1 aromatic carbocycles. The van der Waals surface area contributed by atoms with Crippen LogP contribution in [0.15, 0.2) is 23.3 Å². The lowest BCUT2D eigenvalue weighted by atomic mass is 10.1. The Kier molecular flexibility index (Phi) is 6.06. The molecule has 0 saturated heterocycles. The minimum atomic E-state index is -1.15. The summed E-state index contributed by atoms with van der Waals surface area (Å²) in [6.45, 7) is 3.44. The Hall–Kier alpha value is -2.90. The fourth-order valence-electron chi connectivity index (χ4n) is 1.52. The average Bonchev–Trinajstić information content (AvgIpc) is 2.46. The van der Waals surface area contributed by atoms with Gasteiger partial charge >= 0.3 is 17.8 Å². The van der Waals surface area contributed by atoms with Gasteiger partial charge in [-0.15, -0.1) is 0 Å². The van der Waals surface area contributed by atoms with E-state index in [1.165, 1.54) is 25.5 Å². The van der Waals surface area contributed by atoms with E-state index in [2.05, 4.69) is 15.8 Å². The predicted octanol–water partition coefficient (Wildman–Crippen LogP) is 0.368. The first-order chi connectivity index (χ1) is 10.3. The molecule has 0 radical (unpaired) electrons. The Morgan fingerprint density at radius 1 is 1.27 bits per heavy atom. The fourth-order valence-corrected chi connectivity index (χ4v) is 1.52. The first-order valence-electron chi connectivity index (χ1n) is 6.40. The zero-order valence-corrected chi connectivity index (χ0v) is 12.4. The Morgan fingerprint density at radius 2 is 1.95 bits per heavy atom. The van der Waals surface area contributed by atoms with Crippen LogP contribution in [-0.4, -0.2) is 42.3 Å². The standard InChI is InChI=1S/C14H17N3O5/c1-8(2)16-12(18)13(19)17-15-7-9-4-5-11(22-3)10(6-9)14(20)21/h4-8H,1-3H3,(H,16,18)(H,17,19)(H,20,21)/b15-7-. The van der Waals surface area contributed by atoms with Crippen LogP contribution in [-0.2, 0) is 9.59 Å². The minimum absolute atomic E-state index is 0.0321. The van der Waals surface area contributed by atoms with Crippen molar-refractivity contribution in [3.63, 3.8) is 0 Å². The SMILES string of the molecule is COc1ccc(/C=N\NC(=O)C(=O)NC(C)C)cc1C(=O)O. The highest BCUT2D eigenvalue weighted by Gasteiger charge is 2.13. The molecule has 0 spiro atoms. The summed E-state index contributed by atoms with van der Waals surface area (Å²) in [6.07, 6.45) is 1.23. The molecule has 0 heterocycles. The number of nitrogens with zero attached hydrogens (tertiary/aromatic N) is 1. The van der Waals surface area contributed by atoms with E-state index in [9.17, 15) is 14.4 Å². The first-order valence-corrected chi connectivity index (χ1v) is 6.40. The maximum Gasteiger partial charge on any atom is 0.339 e. The summed E-state index contributed by atoms with van der Waals surface area (Å²) < 4.78 is 4.92. The molecule has 8 nitrogen and oxygen atoms in total. The van der Waals surface area contributed by atoms with Crippen molar-refractivity contribution in [2.45, 2.75) is 19.9 Å². The third-order valence-corrected chi connectivity index (χ3v) is 2.46. The van der Waals surface area contributed by atoms with E-state index >= 15 is 0 Å². The van der Waals surface area contributed by atoms with Crippen LogP contribution in [0.3, 0.4) is 0 Å². The minimum Gasteiger partial charge on any atom is -0.496 e. The number of hydrazone groups is 1. The van der Waals surface area contributed by atoms with E-state index in [1.54, 1.807) is 19.9 Å². The summed E-state index contributed by atoms with van der Waals surface area (Å²) >= 11 is 0. The fraction of sp³-hybridized carbons (Fsp3) is 0.286. The second-order valence-corrected chi connectivity index (χ2v) is 4.59. The molecule has 0 aliphatic carbocycles. The number of ether oxygens (including phenoxy) is 1. The maximum absolute atomic E-state index is 11.4. The third-order valence-electron chi connectivity index (χ3n) is 2.46. The van der Waals surface area contributed by atoms with Crippen LogP contribution in [0.2, 0.25) is 0 Å². The summed E-state index contributed by atoms with van der Waals surface area (Å²) in [7, 11) is 1.36. The zero-order valence-electron chi connectivity index (χ0n) is 12.4. The number of carboxylic acids is 1. The number of rotatable bonds is 5. The van der Waals surface area contributed by atoms with Gasteiger partial charge in [0.15, 0.2) is 0 Å².